The Morgan fingerprint density at radius 2 is 2.32 bits per heavy atom. The highest BCUT2D eigenvalue weighted by molar-refractivity contribution is 5.87. The smallest absolute Gasteiger partial charge is 0.242 e. The van der Waals surface area contributed by atoms with Gasteiger partial charge >= 0.3 is 0 Å². The molecule has 2 N–H and O–H groups in total. The number of nitrogens with zero attached hydrogens (tertiary/aromatic N) is 2. The van der Waals surface area contributed by atoms with E-state index in [2.05, 4.69) is 15.7 Å². The van der Waals surface area contributed by atoms with Crippen molar-refractivity contribution >= 4 is 11.8 Å². The molecule has 0 aliphatic carbocycles. The zero-order chi connectivity index (χ0) is 13.8. The average Bonchev–Trinajstić information content (AvgIpc) is 2.53. The Labute approximate surface area is 112 Å². The number of amides is 2. The monoisotopic (exact) mass is 264 g/mol. The molecule has 19 heavy (non-hydrogen) atoms. The first-order valence-electron chi connectivity index (χ1n) is 6.64. The quantitative estimate of drug-likeness (QED) is 0.823. The summed E-state index contributed by atoms with van der Waals surface area (Å²) in [5.41, 5.74) is 1.83. The summed E-state index contributed by atoms with van der Waals surface area (Å²) in [6.07, 6.45) is 2.62. The van der Waals surface area contributed by atoms with Crippen molar-refractivity contribution in [3.05, 3.63) is 17.5 Å². The zero-order valence-corrected chi connectivity index (χ0v) is 11.4. The number of carbonyl (C=O) groups excluding carboxylic acids is 2. The fourth-order valence-electron chi connectivity index (χ4n) is 2.29. The van der Waals surface area contributed by atoms with Crippen LogP contribution in [0.1, 0.15) is 30.7 Å². The van der Waals surface area contributed by atoms with Crippen molar-refractivity contribution in [1.29, 1.82) is 0 Å². The van der Waals surface area contributed by atoms with E-state index in [0.717, 1.165) is 24.2 Å². The lowest BCUT2D eigenvalue weighted by atomic mass is 10.1. The summed E-state index contributed by atoms with van der Waals surface area (Å²) in [7, 11) is 0. The van der Waals surface area contributed by atoms with Crippen LogP contribution in [0.4, 0.5) is 0 Å². The molecule has 0 radical (unpaired) electrons. The van der Waals surface area contributed by atoms with Gasteiger partial charge in [0.05, 0.1) is 5.69 Å². The molecule has 0 bridgehead atoms. The zero-order valence-electron chi connectivity index (χ0n) is 11.4. The Balaban J connectivity index is 1.93. The molecule has 6 heteroatoms. The van der Waals surface area contributed by atoms with E-state index in [-0.39, 0.29) is 18.4 Å². The van der Waals surface area contributed by atoms with E-state index >= 15 is 0 Å². The van der Waals surface area contributed by atoms with Crippen molar-refractivity contribution in [1.82, 2.24) is 20.4 Å². The largest absolute Gasteiger partial charge is 0.354 e. The number of carbonyl (C=O) groups is 2. The van der Waals surface area contributed by atoms with E-state index in [9.17, 15) is 9.59 Å². The molecule has 2 amide bonds. The Morgan fingerprint density at radius 3 is 3.00 bits per heavy atom. The van der Waals surface area contributed by atoms with Gasteiger partial charge in [0.15, 0.2) is 0 Å². The summed E-state index contributed by atoms with van der Waals surface area (Å²) < 4.78 is 1.65. The van der Waals surface area contributed by atoms with Crippen LogP contribution in [0.2, 0.25) is 0 Å². The molecule has 1 aliphatic rings. The highest BCUT2D eigenvalue weighted by atomic mass is 16.2. The molecule has 1 aromatic heterocycles. The minimum absolute atomic E-state index is 0.0841. The Morgan fingerprint density at radius 1 is 1.53 bits per heavy atom. The van der Waals surface area contributed by atoms with Crippen molar-refractivity contribution in [3.8, 4) is 0 Å². The third-order valence-electron chi connectivity index (χ3n) is 3.27. The van der Waals surface area contributed by atoms with Crippen molar-refractivity contribution in [2.45, 2.75) is 45.7 Å². The molecule has 0 aromatic carbocycles. The summed E-state index contributed by atoms with van der Waals surface area (Å²) in [6.45, 7) is 4.65. The number of hydrogen-bond acceptors (Lipinski definition) is 3. The van der Waals surface area contributed by atoms with E-state index in [1.165, 1.54) is 0 Å². The van der Waals surface area contributed by atoms with Crippen LogP contribution in [0, 0.1) is 13.8 Å². The van der Waals surface area contributed by atoms with Gasteiger partial charge in [0.1, 0.15) is 12.6 Å². The van der Waals surface area contributed by atoms with Crippen LogP contribution in [0.5, 0.6) is 0 Å². The second-order valence-electron chi connectivity index (χ2n) is 4.99. The van der Waals surface area contributed by atoms with Crippen LogP contribution in [0.3, 0.4) is 0 Å². The third kappa shape index (κ3) is 3.56. The van der Waals surface area contributed by atoms with Gasteiger partial charge in [-0.1, -0.05) is 0 Å². The minimum Gasteiger partial charge on any atom is -0.354 e. The number of rotatable bonds is 3. The second-order valence-corrected chi connectivity index (χ2v) is 4.99. The molecular weight excluding hydrogens is 244 g/mol. The molecule has 2 heterocycles. The predicted molar refractivity (Wildman–Crippen MR) is 70.5 cm³/mol. The van der Waals surface area contributed by atoms with E-state index in [0.29, 0.717) is 13.0 Å². The fraction of sp³-hybridized carbons (Fsp3) is 0.615. The SMILES string of the molecule is Cc1cc(C)n(CC(=O)N[C@@H]2CCCCNC2=O)n1. The average molecular weight is 264 g/mol. The topological polar surface area (TPSA) is 76.0 Å². The van der Waals surface area contributed by atoms with Gasteiger partial charge in [-0.2, -0.15) is 5.10 Å². The first-order chi connectivity index (χ1) is 9.06. The maximum absolute atomic E-state index is 11.9. The minimum atomic E-state index is -0.410. The number of aromatic nitrogens is 2. The van der Waals surface area contributed by atoms with Gasteiger partial charge in [-0.25, -0.2) is 0 Å². The van der Waals surface area contributed by atoms with Gasteiger partial charge < -0.3 is 10.6 Å². The molecule has 6 nitrogen and oxygen atoms in total. The van der Waals surface area contributed by atoms with Gasteiger partial charge in [-0.05, 0) is 39.2 Å². The lowest BCUT2D eigenvalue weighted by Gasteiger charge is -2.15. The lowest BCUT2D eigenvalue weighted by molar-refractivity contribution is -0.129. The molecule has 0 unspecified atom stereocenters. The van der Waals surface area contributed by atoms with Crippen molar-refractivity contribution in [3.63, 3.8) is 0 Å². The first-order valence-corrected chi connectivity index (χ1v) is 6.64. The van der Waals surface area contributed by atoms with Gasteiger partial charge in [-0.3, -0.25) is 14.3 Å². The molecule has 1 fully saturated rings. The number of hydrogen-bond donors (Lipinski definition) is 2. The van der Waals surface area contributed by atoms with E-state index in [4.69, 9.17) is 0 Å². The van der Waals surface area contributed by atoms with Gasteiger partial charge in [0.2, 0.25) is 11.8 Å². The van der Waals surface area contributed by atoms with Gasteiger partial charge in [0, 0.05) is 12.2 Å². The Kier molecular flexibility index (Phi) is 4.19. The van der Waals surface area contributed by atoms with Crippen molar-refractivity contribution < 1.29 is 9.59 Å². The lowest BCUT2D eigenvalue weighted by Crippen LogP contribution is -2.46. The van der Waals surface area contributed by atoms with Crippen LogP contribution >= 0.6 is 0 Å². The molecular formula is C13H20N4O2. The van der Waals surface area contributed by atoms with E-state index < -0.39 is 6.04 Å². The highest BCUT2D eigenvalue weighted by Crippen LogP contribution is 2.06. The second kappa shape index (κ2) is 5.86. The highest BCUT2D eigenvalue weighted by Gasteiger charge is 2.22. The predicted octanol–water partition coefficient (Wildman–Crippen LogP) is 0.285. The molecule has 0 spiro atoms. The maximum Gasteiger partial charge on any atom is 0.242 e. The van der Waals surface area contributed by atoms with Gasteiger partial charge in [-0.15, -0.1) is 0 Å². The van der Waals surface area contributed by atoms with Crippen LogP contribution < -0.4 is 10.6 Å². The third-order valence-corrected chi connectivity index (χ3v) is 3.27. The molecule has 1 aliphatic heterocycles. The van der Waals surface area contributed by atoms with Gasteiger partial charge in [0.25, 0.3) is 0 Å². The van der Waals surface area contributed by atoms with Crippen LogP contribution in [-0.4, -0.2) is 34.2 Å². The van der Waals surface area contributed by atoms with E-state index in [1.807, 2.05) is 19.9 Å². The Hall–Kier alpha value is -1.85. The molecule has 1 saturated heterocycles. The summed E-state index contributed by atoms with van der Waals surface area (Å²) in [4.78, 5) is 23.7. The normalized spacial score (nSPS) is 19.7. The van der Waals surface area contributed by atoms with Crippen LogP contribution in [0.15, 0.2) is 6.07 Å². The van der Waals surface area contributed by atoms with Crippen LogP contribution in [-0.2, 0) is 16.1 Å². The summed E-state index contributed by atoms with van der Waals surface area (Å²) in [5.74, 6) is -0.257. The fourth-order valence-corrected chi connectivity index (χ4v) is 2.29. The summed E-state index contributed by atoms with van der Waals surface area (Å²) >= 11 is 0. The molecule has 1 atom stereocenters. The van der Waals surface area contributed by atoms with E-state index in [1.54, 1.807) is 4.68 Å². The van der Waals surface area contributed by atoms with Crippen molar-refractivity contribution in [2.24, 2.45) is 0 Å². The van der Waals surface area contributed by atoms with Crippen molar-refractivity contribution in [2.75, 3.05) is 6.54 Å². The molecule has 1 aromatic rings. The Bertz CT molecular complexity index is 481. The standard InChI is InChI=1S/C13H20N4O2/c1-9-7-10(2)17(16-9)8-12(18)15-11-5-3-4-6-14-13(11)19/h7,11H,3-6,8H2,1-2H3,(H,14,19)(H,15,18)/t11-/m1/s1. The number of aryl methyl sites for hydroxylation is 2. The first kappa shape index (κ1) is 13.6. The molecule has 104 valence electrons. The maximum atomic E-state index is 11.9. The molecule has 2 rings (SSSR count). The summed E-state index contributed by atoms with van der Waals surface area (Å²) in [5, 5.41) is 9.82. The van der Waals surface area contributed by atoms with Crippen LogP contribution in [0.25, 0.3) is 0 Å². The molecule has 0 saturated carbocycles. The summed E-state index contributed by atoms with van der Waals surface area (Å²) in [6, 6.07) is 1.51. The number of nitrogens with one attached hydrogen (secondary N) is 2.